The number of hydrogen-bond acceptors (Lipinski definition) is 2. The maximum absolute atomic E-state index is 11.1. The fourth-order valence-corrected chi connectivity index (χ4v) is 2.75. The number of aromatic nitrogens is 1. The van der Waals surface area contributed by atoms with Crippen molar-refractivity contribution in [2.45, 2.75) is 19.8 Å². The average molecular weight is 330 g/mol. The normalized spacial score (nSPS) is 11.6. The summed E-state index contributed by atoms with van der Waals surface area (Å²) in [6, 6.07) is 7.76. The molecule has 0 N–H and O–H groups in total. The summed E-state index contributed by atoms with van der Waals surface area (Å²) in [5.74, 6) is 1.03. The van der Waals surface area contributed by atoms with Crippen LogP contribution in [0, 0.1) is 0 Å². The van der Waals surface area contributed by atoms with Crippen molar-refractivity contribution in [3.63, 3.8) is 0 Å². The smallest absolute Gasteiger partial charge is 0.150 e. The number of nitrogens with zero attached hydrogens (tertiary/aromatic N) is 1. The van der Waals surface area contributed by atoms with Crippen LogP contribution in [0.3, 0.4) is 0 Å². The van der Waals surface area contributed by atoms with Crippen LogP contribution in [-0.4, -0.2) is 18.0 Å². The summed E-state index contributed by atoms with van der Waals surface area (Å²) in [7, 11) is 1.64. The van der Waals surface area contributed by atoms with Crippen molar-refractivity contribution in [2.75, 3.05) is 7.11 Å². The molecule has 0 aliphatic rings. The number of hydrogen-bond donors (Lipinski definition) is 0. The molecule has 0 bridgehead atoms. The lowest BCUT2D eigenvalue weighted by Gasteiger charge is -2.14. The predicted molar refractivity (Wildman–Crippen MR) is 95.7 cm³/mol. The Morgan fingerprint density at radius 2 is 1.96 bits per heavy atom. The Labute approximate surface area is 141 Å². The van der Waals surface area contributed by atoms with Crippen molar-refractivity contribution < 1.29 is 9.53 Å². The SMILES string of the molecule is C=C/C(C=O)=C\c1c(Cl)cn(-c2ccc(OC)cc2)c1C(C)C. The molecule has 0 saturated carbocycles. The fourth-order valence-electron chi connectivity index (χ4n) is 2.50. The van der Waals surface area contributed by atoms with Crippen molar-refractivity contribution in [1.82, 2.24) is 4.57 Å². The van der Waals surface area contributed by atoms with Crippen LogP contribution < -0.4 is 4.74 Å². The fraction of sp³-hybridized carbons (Fsp3) is 0.211. The number of aldehydes is 1. The number of halogens is 1. The number of carbonyl (C=O) groups excluding carboxylic acids is 1. The van der Waals surface area contributed by atoms with Gasteiger partial charge in [0.1, 0.15) is 12.0 Å². The number of methoxy groups -OCH3 is 1. The lowest BCUT2D eigenvalue weighted by molar-refractivity contribution is -0.104. The molecule has 120 valence electrons. The molecule has 2 aromatic rings. The van der Waals surface area contributed by atoms with E-state index in [0.717, 1.165) is 29.0 Å². The van der Waals surface area contributed by atoms with E-state index in [2.05, 4.69) is 20.4 Å². The first-order valence-electron chi connectivity index (χ1n) is 7.36. The average Bonchev–Trinajstić information content (AvgIpc) is 2.89. The van der Waals surface area contributed by atoms with E-state index in [1.165, 1.54) is 6.08 Å². The zero-order valence-corrected chi connectivity index (χ0v) is 14.3. The maximum atomic E-state index is 11.1. The van der Waals surface area contributed by atoms with E-state index in [4.69, 9.17) is 16.3 Å². The Kier molecular flexibility index (Phi) is 5.45. The van der Waals surface area contributed by atoms with Gasteiger partial charge < -0.3 is 9.30 Å². The summed E-state index contributed by atoms with van der Waals surface area (Å²) in [6.07, 6.45) is 5.95. The minimum absolute atomic E-state index is 0.230. The summed E-state index contributed by atoms with van der Waals surface area (Å²) in [6.45, 7) is 7.84. The second-order valence-electron chi connectivity index (χ2n) is 5.46. The lowest BCUT2D eigenvalue weighted by Crippen LogP contribution is -2.02. The topological polar surface area (TPSA) is 31.2 Å². The Hall–Kier alpha value is -2.26. The molecular formula is C19H20ClNO2. The van der Waals surface area contributed by atoms with Gasteiger partial charge in [0.2, 0.25) is 0 Å². The van der Waals surface area contributed by atoms with Crippen LogP contribution >= 0.6 is 11.6 Å². The quantitative estimate of drug-likeness (QED) is 0.423. The van der Waals surface area contributed by atoms with Crippen LogP contribution in [-0.2, 0) is 4.79 Å². The summed E-state index contributed by atoms with van der Waals surface area (Å²) < 4.78 is 7.24. The molecule has 0 radical (unpaired) electrons. The van der Waals surface area contributed by atoms with E-state index < -0.39 is 0 Å². The Bertz CT molecular complexity index is 729. The number of allylic oxidation sites excluding steroid dienone is 2. The molecule has 0 amide bonds. The number of rotatable bonds is 6. The molecule has 0 aliphatic heterocycles. The van der Waals surface area contributed by atoms with Gasteiger partial charge in [0.25, 0.3) is 0 Å². The number of carbonyl (C=O) groups is 1. The number of benzene rings is 1. The van der Waals surface area contributed by atoms with Crippen molar-refractivity contribution in [3.8, 4) is 11.4 Å². The first-order chi connectivity index (χ1) is 11.0. The zero-order valence-electron chi connectivity index (χ0n) is 13.5. The highest BCUT2D eigenvalue weighted by Crippen LogP contribution is 2.33. The molecule has 4 heteroatoms. The maximum Gasteiger partial charge on any atom is 0.150 e. The second kappa shape index (κ2) is 7.34. The Balaban J connectivity index is 2.63. The summed E-state index contributed by atoms with van der Waals surface area (Å²) in [4.78, 5) is 11.1. The largest absolute Gasteiger partial charge is 0.497 e. The molecular weight excluding hydrogens is 310 g/mol. The third-order valence-corrected chi connectivity index (χ3v) is 3.92. The highest BCUT2D eigenvalue weighted by molar-refractivity contribution is 6.32. The van der Waals surface area contributed by atoms with Gasteiger partial charge in [0.05, 0.1) is 12.1 Å². The van der Waals surface area contributed by atoms with Gasteiger partial charge in [0, 0.05) is 28.7 Å². The van der Waals surface area contributed by atoms with Gasteiger partial charge in [-0.25, -0.2) is 0 Å². The molecule has 0 unspecified atom stereocenters. The highest BCUT2D eigenvalue weighted by Gasteiger charge is 2.17. The van der Waals surface area contributed by atoms with Gasteiger partial charge in [-0.2, -0.15) is 0 Å². The second-order valence-corrected chi connectivity index (χ2v) is 5.87. The van der Waals surface area contributed by atoms with Gasteiger partial charge in [-0.15, -0.1) is 0 Å². The molecule has 2 rings (SSSR count). The molecule has 1 heterocycles. The highest BCUT2D eigenvalue weighted by atomic mass is 35.5. The van der Waals surface area contributed by atoms with Gasteiger partial charge in [-0.05, 0) is 36.3 Å². The summed E-state index contributed by atoms with van der Waals surface area (Å²) in [5, 5.41) is 0.603. The molecule has 23 heavy (non-hydrogen) atoms. The third-order valence-electron chi connectivity index (χ3n) is 3.62. The predicted octanol–water partition coefficient (Wildman–Crippen LogP) is 5.03. The van der Waals surface area contributed by atoms with E-state index in [1.807, 2.05) is 35.0 Å². The van der Waals surface area contributed by atoms with E-state index in [1.54, 1.807) is 13.2 Å². The first-order valence-corrected chi connectivity index (χ1v) is 7.74. The first kappa shape index (κ1) is 17.1. The van der Waals surface area contributed by atoms with E-state index >= 15 is 0 Å². The van der Waals surface area contributed by atoms with Crippen LogP contribution in [0.4, 0.5) is 0 Å². The van der Waals surface area contributed by atoms with Crippen LogP contribution in [0.15, 0.2) is 48.7 Å². The molecule has 0 spiro atoms. The van der Waals surface area contributed by atoms with Crippen molar-refractivity contribution in [2.24, 2.45) is 0 Å². The number of ether oxygens (including phenoxy) is 1. The summed E-state index contributed by atoms with van der Waals surface area (Å²) >= 11 is 6.42. The van der Waals surface area contributed by atoms with Crippen molar-refractivity contribution >= 4 is 24.0 Å². The van der Waals surface area contributed by atoms with Crippen molar-refractivity contribution in [3.05, 3.63) is 65.0 Å². The molecule has 0 fully saturated rings. The van der Waals surface area contributed by atoms with Gasteiger partial charge in [-0.3, -0.25) is 4.79 Å². The van der Waals surface area contributed by atoms with Crippen LogP contribution in [0.2, 0.25) is 5.02 Å². The molecule has 0 atom stereocenters. The van der Waals surface area contributed by atoms with Crippen LogP contribution in [0.25, 0.3) is 11.8 Å². The molecule has 3 nitrogen and oxygen atoms in total. The summed E-state index contributed by atoms with van der Waals surface area (Å²) in [5.41, 5.74) is 3.38. The molecule has 1 aromatic heterocycles. The zero-order chi connectivity index (χ0) is 17.0. The minimum Gasteiger partial charge on any atom is -0.497 e. The van der Waals surface area contributed by atoms with Crippen molar-refractivity contribution in [1.29, 1.82) is 0 Å². The van der Waals surface area contributed by atoms with Gasteiger partial charge in [0.15, 0.2) is 0 Å². The van der Waals surface area contributed by atoms with Gasteiger partial charge >= 0.3 is 0 Å². The van der Waals surface area contributed by atoms with E-state index in [9.17, 15) is 4.79 Å². The molecule has 0 saturated heterocycles. The Morgan fingerprint density at radius 3 is 2.43 bits per heavy atom. The Morgan fingerprint density at radius 1 is 1.30 bits per heavy atom. The molecule has 0 aliphatic carbocycles. The standard InChI is InChI=1S/C19H20ClNO2/c1-5-14(12-22)10-17-18(20)11-21(19(17)13(2)3)15-6-8-16(23-4)9-7-15/h5-13H,1H2,2-4H3/b14-10+. The minimum atomic E-state index is 0.230. The van der Waals surface area contributed by atoms with Crippen LogP contribution in [0.5, 0.6) is 5.75 Å². The molecule has 1 aromatic carbocycles. The van der Waals surface area contributed by atoms with Gasteiger partial charge in [-0.1, -0.05) is 38.1 Å². The monoisotopic (exact) mass is 329 g/mol. The van der Waals surface area contributed by atoms with Crippen LogP contribution in [0.1, 0.15) is 31.0 Å². The van der Waals surface area contributed by atoms with E-state index in [-0.39, 0.29) is 5.92 Å². The van der Waals surface area contributed by atoms with E-state index in [0.29, 0.717) is 10.6 Å². The third kappa shape index (κ3) is 3.57. The lowest BCUT2D eigenvalue weighted by atomic mass is 10.0.